The number of nitrogens with zero attached hydrogens (tertiary/aromatic N) is 4. The number of β-amino-alcohol motifs (C(OH)–C–C–N with tert-alkyl or cyclic N) is 1. The van der Waals surface area contributed by atoms with Crippen molar-refractivity contribution >= 4 is 11.4 Å². The van der Waals surface area contributed by atoms with Gasteiger partial charge in [0.1, 0.15) is 11.6 Å². The lowest BCUT2D eigenvalue weighted by molar-refractivity contribution is 0.119. The van der Waals surface area contributed by atoms with Crippen molar-refractivity contribution in [2.75, 3.05) is 57.9 Å². The summed E-state index contributed by atoms with van der Waals surface area (Å²) in [5, 5.41) is 10.6. The number of benzene rings is 1. The molecule has 31 heavy (non-hydrogen) atoms. The number of anilines is 1. The molecule has 1 aromatic carbocycles. The first kappa shape index (κ1) is 21.7. The molecule has 1 fully saturated rings. The number of aliphatic hydroxyl groups excluding tert-OH is 1. The largest absolute Gasteiger partial charge is 0.497 e. The smallest absolute Gasteiger partial charge is 0.157 e. The predicted molar refractivity (Wildman–Crippen MR) is 122 cm³/mol. The van der Waals surface area contributed by atoms with Gasteiger partial charge in [-0.3, -0.25) is 4.90 Å². The van der Waals surface area contributed by atoms with E-state index in [1.807, 2.05) is 24.3 Å². The van der Waals surface area contributed by atoms with Gasteiger partial charge in [-0.25, -0.2) is 9.97 Å². The Morgan fingerprint density at radius 2 is 1.84 bits per heavy atom. The fraction of sp³-hybridized carbons (Fsp3) is 0.500. The summed E-state index contributed by atoms with van der Waals surface area (Å²) in [7, 11) is 1.65. The molecular formula is C24H32N4O3. The van der Waals surface area contributed by atoms with Gasteiger partial charge in [-0.15, -0.1) is 0 Å². The number of aromatic nitrogens is 2. The predicted octanol–water partition coefficient (Wildman–Crippen LogP) is 2.76. The third-order valence-electron chi connectivity index (χ3n) is 6.19. The molecule has 0 aliphatic carbocycles. The van der Waals surface area contributed by atoms with Crippen LogP contribution in [0, 0.1) is 13.8 Å². The van der Waals surface area contributed by atoms with Crippen LogP contribution in [-0.4, -0.2) is 73.0 Å². The fourth-order valence-corrected chi connectivity index (χ4v) is 4.10. The van der Waals surface area contributed by atoms with E-state index in [0.29, 0.717) is 6.54 Å². The van der Waals surface area contributed by atoms with E-state index in [2.05, 4.69) is 29.7 Å². The maximum absolute atomic E-state index is 10.6. The minimum absolute atomic E-state index is 0.522. The maximum Gasteiger partial charge on any atom is 0.157 e. The lowest BCUT2D eigenvalue weighted by Crippen LogP contribution is -2.37. The van der Waals surface area contributed by atoms with Crippen molar-refractivity contribution < 1.29 is 14.6 Å². The summed E-state index contributed by atoms with van der Waals surface area (Å²) >= 11 is 0. The van der Waals surface area contributed by atoms with Gasteiger partial charge >= 0.3 is 0 Å². The maximum atomic E-state index is 10.6. The van der Waals surface area contributed by atoms with E-state index in [1.165, 1.54) is 5.57 Å². The molecule has 0 saturated carbocycles. The molecule has 3 heterocycles. The summed E-state index contributed by atoms with van der Waals surface area (Å²) in [5.41, 5.74) is 4.27. The molecule has 7 nitrogen and oxygen atoms in total. The highest BCUT2D eigenvalue weighted by Gasteiger charge is 2.22. The van der Waals surface area contributed by atoms with Gasteiger partial charge in [-0.2, -0.15) is 0 Å². The lowest BCUT2D eigenvalue weighted by atomic mass is 10.0. The standard InChI is InChI=1S/C24H32N4O3/c1-17-18(2)25-23(26-24(17)28-12-14-31-15-13-28)20-8-10-27(11-9-20)16-22(29)19-4-6-21(30-3)7-5-19/h4-8,22,29H,9-16H2,1-3H3. The minimum atomic E-state index is -0.522. The number of morpholine rings is 1. The van der Waals surface area contributed by atoms with Gasteiger partial charge in [-0.1, -0.05) is 18.2 Å². The summed E-state index contributed by atoms with van der Waals surface area (Å²) < 4.78 is 10.7. The lowest BCUT2D eigenvalue weighted by Gasteiger charge is -2.31. The number of methoxy groups -OCH3 is 1. The first-order valence-electron chi connectivity index (χ1n) is 11.0. The van der Waals surface area contributed by atoms with Crippen LogP contribution in [0.25, 0.3) is 5.57 Å². The monoisotopic (exact) mass is 424 g/mol. The van der Waals surface area contributed by atoms with Crippen molar-refractivity contribution in [1.82, 2.24) is 14.9 Å². The van der Waals surface area contributed by atoms with E-state index in [-0.39, 0.29) is 0 Å². The Bertz CT molecular complexity index is 923. The van der Waals surface area contributed by atoms with Crippen LogP contribution in [0.15, 0.2) is 30.3 Å². The Balaban J connectivity index is 1.43. The molecule has 166 valence electrons. The van der Waals surface area contributed by atoms with Crippen LogP contribution in [0.4, 0.5) is 5.82 Å². The highest BCUT2D eigenvalue weighted by molar-refractivity contribution is 5.64. The van der Waals surface area contributed by atoms with Crippen LogP contribution in [0.2, 0.25) is 0 Å². The van der Waals surface area contributed by atoms with Crippen molar-refractivity contribution in [3.63, 3.8) is 0 Å². The van der Waals surface area contributed by atoms with Crippen molar-refractivity contribution in [3.8, 4) is 5.75 Å². The second-order valence-corrected chi connectivity index (χ2v) is 8.21. The van der Waals surface area contributed by atoms with Gasteiger partial charge < -0.3 is 19.5 Å². The zero-order valence-electron chi connectivity index (χ0n) is 18.7. The zero-order valence-corrected chi connectivity index (χ0v) is 18.7. The Morgan fingerprint density at radius 3 is 2.48 bits per heavy atom. The molecule has 0 bridgehead atoms. The van der Waals surface area contributed by atoms with Crippen LogP contribution >= 0.6 is 0 Å². The summed E-state index contributed by atoms with van der Waals surface area (Å²) in [5.74, 6) is 2.66. The Labute approximate surface area is 184 Å². The number of aryl methyl sites for hydroxylation is 1. The number of aliphatic hydroxyl groups is 1. The number of ether oxygens (including phenoxy) is 2. The third-order valence-corrected chi connectivity index (χ3v) is 6.19. The summed E-state index contributed by atoms with van der Waals surface area (Å²) in [6, 6.07) is 7.61. The molecule has 0 radical (unpaired) electrons. The van der Waals surface area contributed by atoms with E-state index < -0.39 is 6.10 Å². The van der Waals surface area contributed by atoms with Gasteiger partial charge in [0.15, 0.2) is 5.82 Å². The zero-order chi connectivity index (χ0) is 21.8. The SMILES string of the molecule is COc1ccc(C(O)CN2CC=C(c3nc(C)c(C)c(N4CCOCC4)n3)CC2)cc1. The molecule has 2 aromatic rings. The van der Waals surface area contributed by atoms with E-state index >= 15 is 0 Å². The summed E-state index contributed by atoms with van der Waals surface area (Å²) in [6.07, 6.45) is 2.56. The molecule has 2 aliphatic rings. The topological polar surface area (TPSA) is 71.0 Å². The van der Waals surface area contributed by atoms with Gasteiger partial charge in [-0.05, 0) is 43.5 Å². The van der Waals surface area contributed by atoms with Crippen molar-refractivity contribution in [3.05, 3.63) is 53.0 Å². The number of hydrogen-bond donors (Lipinski definition) is 1. The van der Waals surface area contributed by atoms with Crippen LogP contribution in [0.1, 0.15) is 35.2 Å². The molecule has 7 heteroatoms. The molecule has 1 aromatic heterocycles. The van der Waals surface area contributed by atoms with Crippen molar-refractivity contribution in [2.45, 2.75) is 26.4 Å². The second kappa shape index (κ2) is 9.77. The van der Waals surface area contributed by atoms with Gasteiger partial charge in [0, 0.05) is 44.0 Å². The highest BCUT2D eigenvalue weighted by atomic mass is 16.5. The Kier molecular flexibility index (Phi) is 6.85. The van der Waals surface area contributed by atoms with Crippen LogP contribution < -0.4 is 9.64 Å². The van der Waals surface area contributed by atoms with E-state index in [0.717, 1.165) is 80.0 Å². The average Bonchev–Trinajstić information content (AvgIpc) is 2.82. The molecule has 0 spiro atoms. The third kappa shape index (κ3) is 5.06. The molecule has 1 atom stereocenters. The molecule has 1 unspecified atom stereocenters. The molecule has 1 saturated heterocycles. The molecular weight excluding hydrogens is 392 g/mol. The van der Waals surface area contributed by atoms with Crippen molar-refractivity contribution in [2.24, 2.45) is 0 Å². The molecule has 0 amide bonds. The van der Waals surface area contributed by atoms with Crippen molar-refractivity contribution in [1.29, 1.82) is 0 Å². The van der Waals surface area contributed by atoms with Gasteiger partial charge in [0.05, 0.1) is 26.4 Å². The van der Waals surface area contributed by atoms with E-state index in [9.17, 15) is 5.11 Å². The van der Waals surface area contributed by atoms with Crippen LogP contribution in [0.3, 0.4) is 0 Å². The number of hydrogen-bond acceptors (Lipinski definition) is 7. The normalized spacial score (nSPS) is 18.6. The first-order chi connectivity index (χ1) is 15.0. The average molecular weight is 425 g/mol. The van der Waals surface area contributed by atoms with E-state index in [4.69, 9.17) is 19.4 Å². The molecule has 4 rings (SSSR count). The summed E-state index contributed by atoms with van der Waals surface area (Å²) in [6.45, 7) is 9.64. The van der Waals surface area contributed by atoms with Gasteiger partial charge in [0.25, 0.3) is 0 Å². The Morgan fingerprint density at radius 1 is 1.10 bits per heavy atom. The highest BCUT2D eigenvalue weighted by Crippen LogP contribution is 2.27. The number of rotatable bonds is 6. The molecule has 2 aliphatic heterocycles. The summed E-state index contributed by atoms with van der Waals surface area (Å²) in [4.78, 5) is 14.3. The van der Waals surface area contributed by atoms with Crippen LogP contribution in [0.5, 0.6) is 5.75 Å². The Hall–Kier alpha value is -2.48. The van der Waals surface area contributed by atoms with Crippen LogP contribution in [-0.2, 0) is 4.74 Å². The first-order valence-corrected chi connectivity index (χ1v) is 11.0. The van der Waals surface area contributed by atoms with E-state index in [1.54, 1.807) is 7.11 Å². The van der Waals surface area contributed by atoms with Gasteiger partial charge in [0.2, 0.25) is 0 Å². The second-order valence-electron chi connectivity index (χ2n) is 8.21. The minimum Gasteiger partial charge on any atom is -0.497 e. The fourth-order valence-electron chi connectivity index (χ4n) is 4.10. The quantitative estimate of drug-likeness (QED) is 0.765. The molecule has 1 N–H and O–H groups in total.